The molecule has 1 atom stereocenters. The summed E-state index contributed by atoms with van der Waals surface area (Å²) in [7, 11) is 4.36. The van der Waals surface area contributed by atoms with Crippen molar-refractivity contribution in [2.75, 3.05) is 20.6 Å². The van der Waals surface area contributed by atoms with E-state index >= 15 is 0 Å². The Morgan fingerprint density at radius 1 is 1.24 bits per heavy atom. The Morgan fingerprint density at radius 3 is 2.48 bits per heavy atom. The standard InChI is InChI=1S/C23H33BrN4O/c1-5-28-22(20(24)16(2)26-28)23(29)25-15-17-11-13-19(14-12-17)21(27(3)4)18-9-7-6-8-10-18/h6-10,17,19,21H,5,11-15H2,1-4H3,(H,25,29). The van der Waals surface area contributed by atoms with E-state index in [0.717, 1.165) is 29.6 Å². The van der Waals surface area contributed by atoms with Gasteiger partial charge in [-0.1, -0.05) is 30.3 Å². The molecule has 1 unspecified atom stereocenters. The molecule has 1 aliphatic carbocycles. The number of hydrogen-bond acceptors (Lipinski definition) is 3. The first-order valence-corrected chi connectivity index (χ1v) is 11.4. The SMILES string of the molecule is CCn1nc(C)c(Br)c1C(=O)NCC1CCC(C(c2ccccc2)N(C)C)CC1. The number of amides is 1. The molecule has 1 aliphatic rings. The number of nitrogens with zero attached hydrogens (tertiary/aromatic N) is 3. The summed E-state index contributed by atoms with van der Waals surface area (Å²) in [6, 6.07) is 11.3. The first-order chi connectivity index (χ1) is 13.9. The Bertz CT molecular complexity index is 810. The predicted molar refractivity (Wildman–Crippen MR) is 121 cm³/mol. The second-order valence-corrected chi connectivity index (χ2v) is 9.17. The van der Waals surface area contributed by atoms with Crippen molar-refractivity contribution in [1.82, 2.24) is 20.0 Å². The van der Waals surface area contributed by atoms with Gasteiger partial charge in [-0.25, -0.2) is 0 Å². The van der Waals surface area contributed by atoms with Crippen LogP contribution in [-0.2, 0) is 6.54 Å². The van der Waals surface area contributed by atoms with Gasteiger partial charge in [-0.15, -0.1) is 0 Å². The fourth-order valence-corrected chi connectivity index (χ4v) is 5.14. The number of hydrogen-bond donors (Lipinski definition) is 1. The van der Waals surface area contributed by atoms with Gasteiger partial charge in [0.2, 0.25) is 0 Å². The number of rotatable bonds is 7. The molecule has 1 saturated carbocycles. The molecule has 1 aromatic heterocycles. The Hall–Kier alpha value is -1.66. The largest absolute Gasteiger partial charge is 0.350 e. The number of carbonyl (C=O) groups excluding carboxylic acids is 1. The number of carbonyl (C=O) groups is 1. The normalized spacial score (nSPS) is 20.6. The molecule has 29 heavy (non-hydrogen) atoms. The molecule has 1 fully saturated rings. The smallest absolute Gasteiger partial charge is 0.270 e. The Kier molecular flexibility index (Phi) is 7.52. The second-order valence-electron chi connectivity index (χ2n) is 8.37. The highest BCUT2D eigenvalue weighted by Crippen LogP contribution is 2.39. The Labute approximate surface area is 183 Å². The number of aryl methyl sites for hydroxylation is 2. The van der Waals surface area contributed by atoms with Gasteiger partial charge in [0.25, 0.3) is 5.91 Å². The van der Waals surface area contributed by atoms with Crippen molar-refractivity contribution in [2.24, 2.45) is 11.8 Å². The molecule has 158 valence electrons. The van der Waals surface area contributed by atoms with Crippen LogP contribution in [0, 0.1) is 18.8 Å². The monoisotopic (exact) mass is 460 g/mol. The van der Waals surface area contributed by atoms with Gasteiger partial charge in [0, 0.05) is 19.1 Å². The second kappa shape index (κ2) is 9.90. The summed E-state index contributed by atoms with van der Waals surface area (Å²) in [5.74, 6) is 1.18. The predicted octanol–water partition coefficient (Wildman–Crippen LogP) is 4.81. The van der Waals surface area contributed by atoms with Gasteiger partial charge >= 0.3 is 0 Å². The minimum Gasteiger partial charge on any atom is -0.350 e. The molecule has 1 amide bonds. The summed E-state index contributed by atoms with van der Waals surface area (Å²) >= 11 is 3.52. The third-order valence-electron chi connectivity index (χ3n) is 6.16. The van der Waals surface area contributed by atoms with Crippen molar-refractivity contribution in [1.29, 1.82) is 0 Å². The van der Waals surface area contributed by atoms with Crippen LogP contribution in [0.5, 0.6) is 0 Å². The molecule has 1 aromatic carbocycles. The maximum Gasteiger partial charge on any atom is 0.270 e. The molecular weight excluding hydrogens is 428 g/mol. The number of benzene rings is 1. The maximum absolute atomic E-state index is 12.7. The third-order valence-corrected chi connectivity index (χ3v) is 7.11. The Morgan fingerprint density at radius 2 is 1.90 bits per heavy atom. The van der Waals surface area contributed by atoms with Gasteiger partial charge in [-0.2, -0.15) is 5.10 Å². The van der Waals surface area contributed by atoms with Crippen molar-refractivity contribution in [3.05, 3.63) is 51.8 Å². The van der Waals surface area contributed by atoms with E-state index in [4.69, 9.17) is 0 Å². The van der Waals surface area contributed by atoms with Crippen LogP contribution in [0.3, 0.4) is 0 Å². The van der Waals surface area contributed by atoms with Gasteiger partial charge in [0.1, 0.15) is 5.69 Å². The molecule has 0 spiro atoms. The molecule has 0 saturated heterocycles. The molecule has 1 heterocycles. The number of nitrogens with one attached hydrogen (secondary N) is 1. The number of aromatic nitrogens is 2. The van der Waals surface area contributed by atoms with E-state index in [9.17, 15) is 4.79 Å². The first kappa shape index (κ1) is 22.0. The van der Waals surface area contributed by atoms with E-state index in [1.165, 1.54) is 18.4 Å². The molecule has 2 aromatic rings. The van der Waals surface area contributed by atoms with Crippen LogP contribution < -0.4 is 5.32 Å². The summed E-state index contributed by atoms with van der Waals surface area (Å²) in [4.78, 5) is 15.1. The van der Waals surface area contributed by atoms with Gasteiger partial charge in [0.15, 0.2) is 0 Å². The maximum atomic E-state index is 12.7. The van der Waals surface area contributed by atoms with Gasteiger partial charge in [-0.3, -0.25) is 9.48 Å². The summed E-state index contributed by atoms with van der Waals surface area (Å²) in [6.07, 6.45) is 4.73. The average Bonchev–Trinajstić information content (AvgIpc) is 3.02. The lowest BCUT2D eigenvalue weighted by atomic mass is 9.76. The average molecular weight is 461 g/mol. The van der Waals surface area contributed by atoms with Crippen molar-refractivity contribution in [2.45, 2.75) is 52.1 Å². The van der Waals surface area contributed by atoms with Gasteiger partial charge in [-0.05, 0) is 87.0 Å². The summed E-state index contributed by atoms with van der Waals surface area (Å²) in [6.45, 7) is 5.35. The van der Waals surface area contributed by atoms with Crippen molar-refractivity contribution in [3.8, 4) is 0 Å². The van der Waals surface area contributed by atoms with E-state index in [2.05, 4.69) is 75.7 Å². The van der Waals surface area contributed by atoms with E-state index < -0.39 is 0 Å². The van der Waals surface area contributed by atoms with Crippen LogP contribution in [0.25, 0.3) is 0 Å². The van der Waals surface area contributed by atoms with E-state index in [1.54, 1.807) is 4.68 Å². The van der Waals surface area contributed by atoms with Gasteiger partial charge < -0.3 is 10.2 Å². The van der Waals surface area contributed by atoms with Crippen molar-refractivity contribution >= 4 is 21.8 Å². The third kappa shape index (κ3) is 5.10. The minimum absolute atomic E-state index is 0.0306. The van der Waals surface area contributed by atoms with Crippen LogP contribution in [0.1, 0.15) is 60.4 Å². The van der Waals surface area contributed by atoms with Crippen LogP contribution in [0.2, 0.25) is 0 Å². The van der Waals surface area contributed by atoms with Crippen molar-refractivity contribution < 1.29 is 4.79 Å². The summed E-state index contributed by atoms with van der Waals surface area (Å²) < 4.78 is 2.57. The lowest BCUT2D eigenvalue weighted by Crippen LogP contribution is -2.35. The highest BCUT2D eigenvalue weighted by Gasteiger charge is 2.30. The Balaban J connectivity index is 1.55. The molecule has 6 heteroatoms. The molecule has 0 aliphatic heterocycles. The summed E-state index contributed by atoms with van der Waals surface area (Å²) in [5, 5.41) is 7.58. The fourth-order valence-electron chi connectivity index (χ4n) is 4.68. The minimum atomic E-state index is -0.0306. The van der Waals surface area contributed by atoms with Crippen LogP contribution in [-0.4, -0.2) is 41.2 Å². The topological polar surface area (TPSA) is 50.2 Å². The lowest BCUT2D eigenvalue weighted by molar-refractivity contribution is 0.0923. The fraction of sp³-hybridized carbons (Fsp3) is 0.565. The van der Waals surface area contributed by atoms with E-state index in [1.807, 2.05) is 13.8 Å². The zero-order chi connectivity index (χ0) is 21.0. The van der Waals surface area contributed by atoms with Crippen molar-refractivity contribution in [3.63, 3.8) is 0 Å². The summed E-state index contributed by atoms with van der Waals surface area (Å²) in [5.41, 5.74) is 2.89. The van der Waals surface area contributed by atoms with E-state index in [0.29, 0.717) is 30.1 Å². The zero-order valence-electron chi connectivity index (χ0n) is 18.0. The highest BCUT2D eigenvalue weighted by atomic mass is 79.9. The molecule has 0 radical (unpaired) electrons. The first-order valence-electron chi connectivity index (χ1n) is 10.6. The molecule has 0 bridgehead atoms. The zero-order valence-corrected chi connectivity index (χ0v) is 19.6. The van der Waals surface area contributed by atoms with Crippen LogP contribution in [0.4, 0.5) is 0 Å². The number of halogens is 1. The highest BCUT2D eigenvalue weighted by molar-refractivity contribution is 9.10. The molecule has 1 N–H and O–H groups in total. The van der Waals surface area contributed by atoms with Crippen LogP contribution in [0.15, 0.2) is 34.8 Å². The van der Waals surface area contributed by atoms with E-state index in [-0.39, 0.29) is 5.91 Å². The molecule has 3 rings (SSSR count). The molecule has 5 nitrogen and oxygen atoms in total. The molecular formula is C23H33BrN4O. The quantitative estimate of drug-likeness (QED) is 0.644. The lowest BCUT2D eigenvalue weighted by Gasteiger charge is -2.37. The van der Waals surface area contributed by atoms with Crippen LogP contribution >= 0.6 is 15.9 Å². The van der Waals surface area contributed by atoms with Gasteiger partial charge in [0.05, 0.1) is 10.2 Å².